The van der Waals surface area contributed by atoms with E-state index in [-0.39, 0.29) is 18.1 Å². The van der Waals surface area contributed by atoms with Crippen LogP contribution in [-0.4, -0.2) is 49.7 Å². The summed E-state index contributed by atoms with van der Waals surface area (Å²) in [6.07, 6.45) is 5.83. The Bertz CT molecular complexity index is 233. The van der Waals surface area contributed by atoms with Crippen molar-refractivity contribution in [1.82, 2.24) is 10.2 Å². The summed E-state index contributed by atoms with van der Waals surface area (Å²) >= 11 is 0. The van der Waals surface area contributed by atoms with Crippen LogP contribution in [0.25, 0.3) is 0 Å². The summed E-state index contributed by atoms with van der Waals surface area (Å²) in [6, 6.07) is 0.0418. The first-order chi connectivity index (χ1) is 7.77. The lowest BCUT2D eigenvalue weighted by molar-refractivity contribution is -0.134. The van der Waals surface area contributed by atoms with Gasteiger partial charge in [-0.3, -0.25) is 4.79 Å². The molecule has 0 radical (unpaired) electrons. The second kappa shape index (κ2) is 5.64. The maximum absolute atomic E-state index is 12.1. The Hall–Kier alpha value is -0.610. The molecule has 0 aromatic carbocycles. The van der Waals surface area contributed by atoms with E-state index in [1.165, 1.54) is 6.42 Å². The van der Waals surface area contributed by atoms with Crippen LogP contribution in [0, 0.1) is 0 Å². The average Bonchev–Trinajstić information content (AvgIpc) is 2.82. The smallest absolute Gasteiger partial charge is 0.239 e. The fraction of sp³-hybridized carbons (Fsp3) is 0.917. The number of ether oxygens (including phenoxy) is 1. The molecule has 0 spiro atoms. The van der Waals surface area contributed by atoms with E-state index < -0.39 is 0 Å². The summed E-state index contributed by atoms with van der Waals surface area (Å²) in [6.45, 7) is 2.58. The van der Waals surface area contributed by atoms with Crippen LogP contribution in [0.15, 0.2) is 0 Å². The predicted octanol–water partition coefficient (Wildman–Crippen LogP) is 0.766. The number of piperidine rings is 1. The number of carbonyl (C=O) groups excluding carboxylic acids is 1. The lowest BCUT2D eigenvalue weighted by Crippen LogP contribution is -2.48. The van der Waals surface area contributed by atoms with Crippen molar-refractivity contribution in [3.8, 4) is 0 Å². The maximum Gasteiger partial charge on any atom is 0.239 e. The lowest BCUT2D eigenvalue weighted by Gasteiger charge is -2.28. The molecule has 2 atom stereocenters. The minimum absolute atomic E-state index is 0.0418. The number of nitrogens with zero attached hydrogens (tertiary/aromatic N) is 1. The molecule has 0 aromatic heterocycles. The van der Waals surface area contributed by atoms with Crippen molar-refractivity contribution in [3.05, 3.63) is 0 Å². The Kier molecular flexibility index (Phi) is 4.18. The van der Waals surface area contributed by atoms with E-state index in [1.54, 1.807) is 0 Å². The first kappa shape index (κ1) is 11.9. The summed E-state index contributed by atoms with van der Waals surface area (Å²) < 4.78 is 5.55. The van der Waals surface area contributed by atoms with Gasteiger partial charge in [-0.2, -0.15) is 0 Å². The number of hydrogen-bond donors (Lipinski definition) is 1. The van der Waals surface area contributed by atoms with E-state index in [1.807, 2.05) is 11.9 Å². The second-order valence-corrected chi connectivity index (χ2v) is 4.86. The minimum Gasteiger partial charge on any atom is -0.376 e. The third kappa shape index (κ3) is 2.95. The van der Waals surface area contributed by atoms with Gasteiger partial charge in [-0.25, -0.2) is 0 Å². The number of rotatable bonds is 3. The Morgan fingerprint density at radius 3 is 2.88 bits per heavy atom. The summed E-state index contributed by atoms with van der Waals surface area (Å²) in [4.78, 5) is 13.9. The predicted molar refractivity (Wildman–Crippen MR) is 62.3 cm³/mol. The monoisotopic (exact) mass is 226 g/mol. The van der Waals surface area contributed by atoms with Gasteiger partial charge in [-0.1, -0.05) is 6.42 Å². The molecule has 0 saturated carbocycles. The standard InChI is InChI=1S/C12H22N2O2/c1-14(9-10-5-4-8-16-10)12(15)11-6-2-3-7-13-11/h10-11,13H,2-9H2,1H3/t10?,11-/m1/s1. The lowest BCUT2D eigenvalue weighted by atomic mass is 10.0. The quantitative estimate of drug-likeness (QED) is 0.772. The first-order valence-electron chi connectivity index (χ1n) is 6.37. The topological polar surface area (TPSA) is 41.6 Å². The molecule has 16 heavy (non-hydrogen) atoms. The number of likely N-dealkylation sites (N-methyl/N-ethyl adjacent to an activating group) is 1. The van der Waals surface area contributed by atoms with Crippen LogP contribution in [0.2, 0.25) is 0 Å². The Morgan fingerprint density at radius 2 is 2.25 bits per heavy atom. The molecule has 1 N–H and O–H groups in total. The van der Waals surface area contributed by atoms with Crippen LogP contribution in [-0.2, 0) is 9.53 Å². The van der Waals surface area contributed by atoms with E-state index in [9.17, 15) is 4.79 Å². The molecule has 2 saturated heterocycles. The van der Waals surface area contributed by atoms with Gasteiger partial charge in [0.1, 0.15) is 0 Å². The van der Waals surface area contributed by atoms with E-state index in [2.05, 4.69) is 5.32 Å². The molecule has 0 aromatic rings. The van der Waals surface area contributed by atoms with Gasteiger partial charge >= 0.3 is 0 Å². The van der Waals surface area contributed by atoms with Gasteiger partial charge in [-0.15, -0.1) is 0 Å². The molecule has 4 nitrogen and oxygen atoms in total. The molecular formula is C12H22N2O2. The van der Waals surface area contributed by atoms with E-state index in [4.69, 9.17) is 4.74 Å². The van der Waals surface area contributed by atoms with Crippen LogP contribution in [0.1, 0.15) is 32.1 Å². The van der Waals surface area contributed by atoms with Gasteiger partial charge in [0.25, 0.3) is 0 Å². The molecule has 0 aliphatic carbocycles. The zero-order valence-corrected chi connectivity index (χ0v) is 10.1. The highest BCUT2D eigenvalue weighted by Gasteiger charge is 2.26. The van der Waals surface area contributed by atoms with Crippen LogP contribution >= 0.6 is 0 Å². The van der Waals surface area contributed by atoms with Crippen molar-refractivity contribution in [1.29, 1.82) is 0 Å². The molecule has 2 rings (SSSR count). The molecule has 1 unspecified atom stereocenters. The van der Waals surface area contributed by atoms with Gasteiger partial charge in [0.15, 0.2) is 0 Å². The highest BCUT2D eigenvalue weighted by molar-refractivity contribution is 5.81. The van der Waals surface area contributed by atoms with Gasteiger partial charge in [-0.05, 0) is 32.2 Å². The van der Waals surface area contributed by atoms with Crippen molar-refractivity contribution in [2.45, 2.75) is 44.2 Å². The van der Waals surface area contributed by atoms with Crippen molar-refractivity contribution in [2.24, 2.45) is 0 Å². The van der Waals surface area contributed by atoms with Crippen LogP contribution in [0.5, 0.6) is 0 Å². The number of carbonyl (C=O) groups is 1. The van der Waals surface area contributed by atoms with Crippen molar-refractivity contribution >= 4 is 5.91 Å². The molecule has 4 heteroatoms. The van der Waals surface area contributed by atoms with Gasteiger partial charge in [0.05, 0.1) is 12.1 Å². The summed E-state index contributed by atoms with van der Waals surface area (Å²) in [5.74, 6) is 0.232. The Balaban J connectivity index is 1.78. The van der Waals surface area contributed by atoms with Gasteiger partial charge in [0.2, 0.25) is 5.91 Å². The van der Waals surface area contributed by atoms with E-state index >= 15 is 0 Å². The van der Waals surface area contributed by atoms with Gasteiger partial charge < -0.3 is 15.0 Å². The molecule has 1 amide bonds. The average molecular weight is 226 g/mol. The largest absolute Gasteiger partial charge is 0.376 e. The van der Waals surface area contributed by atoms with Crippen LogP contribution in [0.4, 0.5) is 0 Å². The zero-order chi connectivity index (χ0) is 11.4. The first-order valence-corrected chi connectivity index (χ1v) is 6.37. The minimum atomic E-state index is 0.0418. The van der Waals surface area contributed by atoms with Crippen LogP contribution < -0.4 is 5.32 Å². The highest BCUT2D eigenvalue weighted by atomic mass is 16.5. The zero-order valence-electron chi connectivity index (χ0n) is 10.1. The summed E-state index contributed by atoms with van der Waals surface area (Å²) in [5, 5.41) is 3.29. The molecule has 2 heterocycles. The Labute approximate surface area is 97.3 Å². The summed E-state index contributed by atoms with van der Waals surface area (Å²) in [7, 11) is 1.89. The number of amides is 1. The fourth-order valence-corrected chi connectivity index (χ4v) is 2.51. The molecule has 2 fully saturated rings. The molecule has 2 aliphatic rings. The Morgan fingerprint density at radius 1 is 1.38 bits per heavy atom. The van der Waals surface area contributed by atoms with E-state index in [0.29, 0.717) is 0 Å². The highest BCUT2D eigenvalue weighted by Crippen LogP contribution is 2.14. The molecule has 92 valence electrons. The second-order valence-electron chi connectivity index (χ2n) is 4.86. The van der Waals surface area contributed by atoms with Crippen molar-refractivity contribution < 1.29 is 9.53 Å². The van der Waals surface area contributed by atoms with E-state index in [0.717, 1.165) is 45.4 Å². The maximum atomic E-state index is 12.1. The van der Waals surface area contributed by atoms with Crippen LogP contribution in [0.3, 0.4) is 0 Å². The summed E-state index contributed by atoms with van der Waals surface area (Å²) in [5.41, 5.74) is 0. The third-order valence-electron chi connectivity index (χ3n) is 3.49. The number of nitrogens with one attached hydrogen (secondary N) is 1. The number of hydrogen-bond acceptors (Lipinski definition) is 3. The molecule has 2 aliphatic heterocycles. The van der Waals surface area contributed by atoms with Gasteiger partial charge in [0, 0.05) is 20.2 Å². The SMILES string of the molecule is CN(CC1CCCO1)C(=O)[C@H]1CCCCN1. The third-order valence-corrected chi connectivity index (χ3v) is 3.49. The van der Waals surface area contributed by atoms with Crippen molar-refractivity contribution in [2.75, 3.05) is 26.7 Å². The molecular weight excluding hydrogens is 204 g/mol. The molecule has 0 bridgehead atoms. The normalized spacial score (nSPS) is 30.3. The fourth-order valence-electron chi connectivity index (χ4n) is 2.51. The van der Waals surface area contributed by atoms with Crippen molar-refractivity contribution in [3.63, 3.8) is 0 Å².